The maximum absolute atomic E-state index is 12.8. The molecule has 0 saturated heterocycles. The van der Waals surface area contributed by atoms with Crippen LogP contribution in [-0.4, -0.2) is 28.0 Å². The molecule has 21 heavy (non-hydrogen) atoms. The van der Waals surface area contributed by atoms with Crippen molar-refractivity contribution in [3.63, 3.8) is 0 Å². The Kier molecular flexibility index (Phi) is 5.45. The number of aliphatic carboxylic acids is 1. The summed E-state index contributed by atoms with van der Waals surface area (Å²) in [5.41, 5.74) is -2.06. The van der Waals surface area contributed by atoms with Crippen LogP contribution in [0.5, 0.6) is 0 Å². The Balaban J connectivity index is 3.01. The molecule has 2 N–H and O–H groups in total. The molecule has 0 spiro atoms. The Morgan fingerprint density at radius 1 is 1.48 bits per heavy atom. The number of carboxylic acid groups (broad SMARTS) is 1. The molecule has 1 aromatic rings. The standard InChI is InChI=1S/C13H13F3N2O3/c1-2-3-6-9(12(20)21)18-11(19)10-8(13(14,15)16)5-4-7-17-10/h2-5,7,9H,6H2,1H3,(H,18,19)(H,20,21)/b3-2+. The minimum Gasteiger partial charge on any atom is -0.480 e. The zero-order chi connectivity index (χ0) is 16.0. The van der Waals surface area contributed by atoms with Crippen LogP contribution in [0.25, 0.3) is 0 Å². The number of hydrogen-bond acceptors (Lipinski definition) is 3. The van der Waals surface area contributed by atoms with Crippen LogP contribution in [0.15, 0.2) is 30.5 Å². The average molecular weight is 302 g/mol. The lowest BCUT2D eigenvalue weighted by Crippen LogP contribution is -2.41. The number of nitrogens with one attached hydrogen (secondary N) is 1. The van der Waals surface area contributed by atoms with E-state index in [4.69, 9.17) is 5.11 Å². The van der Waals surface area contributed by atoms with Crippen LogP contribution in [0.1, 0.15) is 29.4 Å². The third-order valence-corrected chi connectivity index (χ3v) is 2.54. The molecule has 0 fully saturated rings. The molecule has 0 aliphatic rings. The zero-order valence-corrected chi connectivity index (χ0v) is 11.0. The molecule has 0 aliphatic heterocycles. The largest absolute Gasteiger partial charge is 0.480 e. The number of amides is 1. The molecule has 1 unspecified atom stereocenters. The summed E-state index contributed by atoms with van der Waals surface area (Å²) in [6, 6.07) is 0.439. The third kappa shape index (κ3) is 4.59. The smallest absolute Gasteiger partial charge is 0.418 e. The predicted octanol–water partition coefficient (Wildman–Crippen LogP) is 2.25. The van der Waals surface area contributed by atoms with Crippen molar-refractivity contribution in [3.8, 4) is 0 Å². The van der Waals surface area contributed by atoms with Gasteiger partial charge in [0.1, 0.15) is 11.7 Å². The van der Waals surface area contributed by atoms with E-state index in [-0.39, 0.29) is 6.42 Å². The van der Waals surface area contributed by atoms with Gasteiger partial charge in [-0.05, 0) is 25.5 Å². The molecule has 0 aromatic carbocycles. The first-order chi connectivity index (χ1) is 9.77. The molecule has 1 heterocycles. The number of alkyl halides is 3. The van der Waals surface area contributed by atoms with Gasteiger partial charge < -0.3 is 10.4 Å². The van der Waals surface area contributed by atoms with Crippen molar-refractivity contribution in [2.45, 2.75) is 25.6 Å². The number of allylic oxidation sites excluding steroid dienone is 1. The summed E-state index contributed by atoms with van der Waals surface area (Å²) in [6.45, 7) is 1.65. The number of pyridine rings is 1. The minimum absolute atomic E-state index is 0.0360. The molecule has 1 atom stereocenters. The number of halogens is 3. The summed E-state index contributed by atoms with van der Waals surface area (Å²) in [6.07, 6.45) is -0.688. The normalized spacial score (nSPS) is 13.1. The van der Waals surface area contributed by atoms with Gasteiger partial charge in [-0.3, -0.25) is 9.78 Å². The summed E-state index contributed by atoms with van der Waals surface area (Å²) in [5, 5.41) is 11.0. The Labute approximate surface area is 118 Å². The van der Waals surface area contributed by atoms with Crippen LogP contribution in [0, 0.1) is 0 Å². The molecular weight excluding hydrogens is 289 g/mol. The monoisotopic (exact) mass is 302 g/mol. The highest BCUT2D eigenvalue weighted by atomic mass is 19.4. The zero-order valence-electron chi connectivity index (χ0n) is 11.0. The molecule has 0 radical (unpaired) electrons. The SMILES string of the molecule is C/C=C/CC(NC(=O)c1ncccc1C(F)(F)F)C(=O)O. The van der Waals surface area contributed by atoms with Crippen molar-refractivity contribution in [1.29, 1.82) is 0 Å². The van der Waals surface area contributed by atoms with Gasteiger partial charge in [0, 0.05) is 6.20 Å². The van der Waals surface area contributed by atoms with E-state index in [2.05, 4.69) is 4.98 Å². The second-order valence-electron chi connectivity index (χ2n) is 4.07. The lowest BCUT2D eigenvalue weighted by Gasteiger charge is -2.15. The minimum atomic E-state index is -4.75. The van der Waals surface area contributed by atoms with E-state index in [9.17, 15) is 22.8 Å². The molecule has 5 nitrogen and oxygen atoms in total. The van der Waals surface area contributed by atoms with Crippen molar-refractivity contribution in [1.82, 2.24) is 10.3 Å². The number of carbonyl (C=O) groups is 2. The van der Waals surface area contributed by atoms with Crippen LogP contribution in [0.2, 0.25) is 0 Å². The average Bonchev–Trinajstić information content (AvgIpc) is 2.42. The number of carboxylic acids is 1. The lowest BCUT2D eigenvalue weighted by molar-refractivity contribution is -0.139. The van der Waals surface area contributed by atoms with Gasteiger partial charge in [0.2, 0.25) is 0 Å². The highest BCUT2D eigenvalue weighted by Crippen LogP contribution is 2.30. The van der Waals surface area contributed by atoms with Gasteiger partial charge >= 0.3 is 12.1 Å². The second-order valence-corrected chi connectivity index (χ2v) is 4.07. The van der Waals surface area contributed by atoms with E-state index in [0.29, 0.717) is 6.07 Å². The van der Waals surface area contributed by atoms with Crippen molar-refractivity contribution in [2.24, 2.45) is 0 Å². The molecular formula is C13H13F3N2O3. The number of carbonyl (C=O) groups excluding carboxylic acids is 1. The third-order valence-electron chi connectivity index (χ3n) is 2.54. The Morgan fingerprint density at radius 2 is 2.14 bits per heavy atom. The Bertz CT molecular complexity index is 556. The number of hydrogen-bond donors (Lipinski definition) is 2. The quantitative estimate of drug-likeness (QED) is 0.818. The van der Waals surface area contributed by atoms with Gasteiger partial charge in [0.15, 0.2) is 0 Å². The van der Waals surface area contributed by atoms with E-state index in [1.807, 2.05) is 5.32 Å². The summed E-state index contributed by atoms with van der Waals surface area (Å²) in [4.78, 5) is 26.2. The van der Waals surface area contributed by atoms with Gasteiger partial charge in [-0.1, -0.05) is 12.2 Å². The van der Waals surface area contributed by atoms with E-state index in [1.165, 1.54) is 6.08 Å². The van der Waals surface area contributed by atoms with Gasteiger partial charge in [0.25, 0.3) is 5.91 Å². The Morgan fingerprint density at radius 3 is 2.67 bits per heavy atom. The molecule has 1 rings (SSSR count). The van der Waals surface area contributed by atoms with E-state index in [1.54, 1.807) is 13.0 Å². The van der Waals surface area contributed by atoms with Gasteiger partial charge in [-0.25, -0.2) is 4.79 Å². The first kappa shape index (κ1) is 16.7. The fourth-order valence-electron chi connectivity index (χ4n) is 1.54. The first-order valence-electron chi connectivity index (χ1n) is 5.94. The lowest BCUT2D eigenvalue weighted by atomic mass is 10.1. The van der Waals surface area contributed by atoms with Crippen molar-refractivity contribution < 1.29 is 27.9 Å². The van der Waals surface area contributed by atoms with Gasteiger partial charge in [-0.15, -0.1) is 0 Å². The maximum atomic E-state index is 12.8. The van der Waals surface area contributed by atoms with Crippen LogP contribution in [-0.2, 0) is 11.0 Å². The van der Waals surface area contributed by atoms with Crippen LogP contribution in [0.3, 0.4) is 0 Å². The number of rotatable bonds is 5. The molecule has 1 amide bonds. The molecule has 1 aromatic heterocycles. The van der Waals surface area contributed by atoms with E-state index in [0.717, 1.165) is 12.3 Å². The number of aromatic nitrogens is 1. The maximum Gasteiger partial charge on any atom is 0.418 e. The van der Waals surface area contributed by atoms with Gasteiger partial charge in [0.05, 0.1) is 5.56 Å². The van der Waals surface area contributed by atoms with Crippen molar-refractivity contribution >= 4 is 11.9 Å². The first-order valence-corrected chi connectivity index (χ1v) is 5.94. The van der Waals surface area contributed by atoms with Crippen LogP contribution in [0.4, 0.5) is 13.2 Å². The Hall–Kier alpha value is -2.38. The summed E-state index contributed by atoms with van der Waals surface area (Å²) >= 11 is 0. The van der Waals surface area contributed by atoms with Crippen molar-refractivity contribution in [2.75, 3.05) is 0 Å². The van der Waals surface area contributed by atoms with Crippen LogP contribution < -0.4 is 5.32 Å². The van der Waals surface area contributed by atoms with Crippen LogP contribution >= 0.6 is 0 Å². The topological polar surface area (TPSA) is 79.3 Å². The predicted molar refractivity (Wildman–Crippen MR) is 67.6 cm³/mol. The highest BCUT2D eigenvalue weighted by Gasteiger charge is 2.36. The molecule has 0 aliphatic carbocycles. The fraction of sp³-hybridized carbons (Fsp3) is 0.308. The molecule has 8 heteroatoms. The van der Waals surface area contributed by atoms with Crippen molar-refractivity contribution in [3.05, 3.63) is 41.7 Å². The van der Waals surface area contributed by atoms with E-state index < -0.39 is 35.4 Å². The molecule has 0 bridgehead atoms. The van der Waals surface area contributed by atoms with E-state index >= 15 is 0 Å². The van der Waals surface area contributed by atoms with Gasteiger partial charge in [-0.2, -0.15) is 13.2 Å². The second kappa shape index (κ2) is 6.87. The summed E-state index contributed by atoms with van der Waals surface area (Å²) in [7, 11) is 0. The summed E-state index contributed by atoms with van der Waals surface area (Å²) < 4.78 is 38.3. The fourth-order valence-corrected chi connectivity index (χ4v) is 1.54. The molecule has 0 saturated carbocycles. The summed E-state index contributed by atoms with van der Waals surface area (Å²) in [5.74, 6) is -2.52. The highest BCUT2D eigenvalue weighted by molar-refractivity contribution is 5.96. The number of nitrogens with zero attached hydrogens (tertiary/aromatic N) is 1. The molecule has 114 valence electrons.